The lowest BCUT2D eigenvalue weighted by Crippen LogP contribution is -2.34. The van der Waals surface area contributed by atoms with Gasteiger partial charge in [0.25, 0.3) is 0 Å². The van der Waals surface area contributed by atoms with Crippen LogP contribution in [0.2, 0.25) is 0 Å². The van der Waals surface area contributed by atoms with Gasteiger partial charge in [-0.15, -0.1) is 0 Å². The molecule has 182 valence electrons. The third-order valence-electron chi connectivity index (χ3n) is 5.58. The molecule has 1 aliphatic rings. The van der Waals surface area contributed by atoms with E-state index in [2.05, 4.69) is 10.6 Å². The van der Waals surface area contributed by atoms with E-state index in [1.165, 1.54) is 0 Å². The first-order valence-corrected chi connectivity index (χ1v) is 11.3. The number of ether oxygens (including phenoxy) is 2. The minimum Gasteiger partial charge on any atom is -0.503 e. The Morgan fingerprint density at radius 2 is 1.83 bits per heavy atom. The van der Waals surface area contributed by atoms with Crippen molar-refractivity contribution in [3.8, 4) is 17.2 Å². The Balaban J connectivity index is 1.37. The molecule has 3 aromatic carbocycles. The number of aromatic hydroxyl groups is 1. The summed E-state index contributed by atoms with van der Waals surface area (Å²) in [6.45, 7) is 2.09. The van der Waals surface area contributed by atoms with Crippen molar-refractivity contribution < 1.29 is 28.2 Å². The van der Waals surface area contributed by atoms with Crippen molar-refractivity contribution in [1.82, 2.24) is 5.32 Å². The number of rotatable bonds is 8. The highest BCUT2D eigenvalue weighted by atomic mass is 19.1. The predicted octanol–water partition coefficient (Wildman–Crippen LogP) is 5.03. The fourth-order valence-electron chi connectivity index (χ4n) is 3.70. The molecule has 4 rings (SSSR count). The lowest BCUT2D eigenvalue weighted by Gasteiger charge is -2.24. The average Bonchev–Trinajstić information content (AvgIpc) is 2.87. The maximum atomic E-state index is 13.9. The number of amides is 1. The van der Waals surface area contributed by atoms with E-state index in [-0.39, 0.29) is 18.3 Å². The van der Waals surface area contributed by atoms with Gasteiger partial charge in [-0.25, -0.2) is 8.78 Å². The maximum Gasteiger partial charge on any atom is 0.248 e. The number of hydrogen-bond acceptors (Lipinski definition) is 5. The van der Waals surface area contributed by atoms with Crippen LogP contribution < -0.4 is 20.1 Å². The van der Waals surface area contributed by atoms with E-state index in [1.54, 1.807) is 12.1 Å². The summed E-state index contributed by atoms with van der Waals surface area (Å²) in [5, 5.41) is 15.4. The van der Waals surface area contributed by atoms with Crippen molar-refractivity contribution in [1.29, 1.82) is 0 Å². The second-order valence-corrected chi connectivity index (χ2v) is 8.11. The van der Waals surface area contributed by atoms with Crippen LogP contribution in [0.5, 0.6) is 17.2 Å². The quantitative estimate of drug-likeness (QED) is 0.394. The van der Waals surface area contributed by atoms with Gasteiger partial charge in [0.2, 0.25) is 5.91 Å². The number of phenols is 1. The second kappa shape index (κ2) is 11.5. The highest BCUT2D eigenvalue weighted by molar-refractivity contribution is 6.02. The summed E-state index contributed by atoms with van der Waals surface area (Å²) >= 11 is 0. The van der Waals surface area contributed by atoms with Crippen LogP contribution in [0.1, 0.15) is 24.0 Å². The molecule has 3 aromatic rings. The first-order chi connectivity index (χ1) is 17.0. The van der Waals surface area contributed by atoms with Gasteiger partial charge in [0, 0.05) is 29.0 Å². The smallest absolute Gasteiger partial charge is 0.248 e. The molecule has 6 nitrogen and oxygen atoms in total. The topological polar surface area (TPSA) is 79.8 Å². The molecule has 1 fully saturated rings. The normalized spacial score (nSPS) is 14.1. The molecule has 0 unspecified atom stereocenters. The van der Waals surface area contributed by atoms with Crippen LogP contribution in [0.25, 0.3) is 6.08 Å². The summed E-state index contributed by atoms with van der Waals surface area (Å²) in [7, 11) is 0. The van der Waals surface area contributed by atoms with Crippen molar-refractivity contribution in [2.75, 3.05) is 18.4 Å². The SMILES string of the molecule is O=C(C=Cc1ccc(F)c(O)c1F)Nc1ccccc1COc1cccc(OC2CCNCC2)c1. The molecule has 0 bridgehead atoms. The predicted molar refractivity (Wildman–Crippen MR) is 129 cm³/mol. The Morgan fingerprint density at radius 3 is 2.66 bits per heavy atom. The van der Waals surface area contributed by atoms with Gasteiger partial charge in [0.1, 0.15) is 24.2 Å². The van der Waals surface area contributed by atoms with E-state index in [4.69, 9.17) is 9.47 Å². The van der Waals surface area contributed by atoms with Crippen molar-refractivity contribution in [3.05, 3.63) is 89.5 Å². The molecular formula is C27H26F2N2O4. The van der Waals surface area contributed by atoms with Crippen molar-refractivity contribution in [2.45, 2.75) is 25.6 Å². The molecule has 0 saturated carbocycles. The Bertz CT molecular complexity index is 1210. The van der Waals surface area contributed by atoms with Crippen LogP contribution in [0.4, 0.5) is 14.5 Å². The largest absolute Gasteiger partial charge is 0.503 e. The lowest BCUT2D eigenvalue weighted by molar-refractivity contribution is -0.111. The van der Waals surface area contributed by atoms with Gasteiger partial charge in [0.15, 0.2) is 17.4 Å². The van der Waals surface area contributed by atoms with Gasteiger partial charge in [-0.3, -0.25) is 4.79 Å². The van der Waals surface area contributed by atoms with Crippen LogP contribution in [-0.2, 0) is 11.4 Å². The van der Waals surface area contributed by atoms with E-state index in [0.29, 0.717) is 11.4 Å². The second-order valence-electron chi connectivity index (χ2n) is 8.11. The molecule has 3 N–H and O–H groups in total. The number of halogens is 2. The van der Waals surface area contributed by atoms with E-state index in [0.717, 1.165) is 61.5 Å². The standard InChI is InChI=1S/C27H26F2N2O4/c28-23-10-8-18(26(29)27(23)33)9-11-25(32)31-24-7-2-1-4-19(24)17-34-21-5-3-6-22(16-21)35-20-12-14-30-15-13-20/h1-11,16,20,30,33H,12-15,17H2,(H,31,32). The summed E-state index contributed by atoms with van der Waals surface area (Å²) in [6.07, 6.45) is 4.37. The molecule has 1 saturated heterocycles. The van der Waals surface area contributed by atoms with Crippen LogP contribution in [0.3, 0.4) is 0 Å². The number of carbonyl (C=O) groups is 1. The van der Waals surface area contributed by atoms with Crippen molar-refractivity contribution in [3.63, 3.8) is 0 Å². The third-order valence-corrected chi connectivity index (χ3v) is 5.58. The van der Waals surface area contributed by atoms with Crippen molar-refractivity contribution in [2.24, 2.45) is 0 Å². The van der Waals surface area contributed by atoms with E-state index >= 15 is 0 Å². The highest BCUT2D eigenvalue weighted by Gasteiger charge is 2.15. The van der Waals surface area contributed by atoms with Crippen LogP contribution in [-0.4, -0.2) is 30.2 Å². The monoisotopic (exact) mass is 480 g/mol. The summed E-state index contributed by atoms with van der Waals surface area (Å²) in [5.74, 6) is -2.40. The molecule has 0 aliphatic carbocycles. The summed E-state index contributed by atoms with van der Waals surface area (Å²) < 4.78 is 39.1. The zero-order valence-electron chi connectivity index (χ0n) is 19.0. The zero-order chi connectivity index (χ0) is 24.6. The van der Waals surface area contributed by atoms with Crippen molar-refractivity contribution >= 4 is 17.7 Å². The number of hydrogen-bond donors (Lipinski definition) is 3. The van der Waals surface area contributed by atoms with Gasteiger partial charge >= 0.3 is 0 Å². The van der Waals surface area contributed by atoms with Gasteiger partial charge in [0.05, 0.1) is 0 Å². The highest BCUT2D eigenvalue weighted by Crippen LogP contribution is 2.25. The van der Waals surface area contributed by atoms with Gasteiger partial charge in [-0.05, 0) is 62.3 Å². The minimum atomic E-state index is -1.13. The number of carbonyl (C=O) groups excluding carboxylic acids is 1. The third kappa shape index (κ3) is 6.58. The molecular weight excluding hydrogens is 454 g/mol. The maximum absolute atomic E-state index is 13.9. The van der Waals surface area contributed by atoms with Crippen LogP contribution in [0, 0.1) is 11.6 Å². The summed E-state index contributed by atoms with van der Waals surface area (Å²) in [4.78, 5) is 12.4. The Hall–Kier alpha value is -3.91. The average molecular weight is 481 g/mol. The van der Waals surface area contributed by atoms with Gasteiger partial charge in [-0.2, -0.15) is 0 Å². The zero-order valence-corrected chi connectivity index (χ0v) is 19.0. The Labute approximate surface area is 202 Å². The Morgan fingerprint density at radius 1 is 1.06 bits per heavy atom. The van der Waals surface area contributed by atoms with Gasteiger partial charge in [-0.1, -0.05) is 24.3 Å². The van der Waals surface area contributed by atoms with Gasteiger partial charge < -0.3 is 25.2 Å². The number of anilines is 1. The van der Waals surface area contributed by atoms with E-state index < -0.39 is 23.3 Å². The fourth-order valence-corrected chi connectivity index (χ4v) is 3.70. The molecule has 0 aromatic heterocycles. The molecule has 0 radical (unpaired) electrons. The number of benzene rings is 3. The molecule has 1 aliphatic heterocycles. The number of piperidine rings is 1. The molecule has 8 heteroatoms. The van der Waals surface area contributed by atoms with Crippen LogP contribution >= 0.6 is 0 Å². The van der Waals surface area contributed by atoms with Crippen LogP contribution in [0.15, 0.2) is 66.7 Å². The first kappa shape index (κ1) is 24.2. The van der Waals surface area contributed by atoms with E-state index in [1.807, 2.05) is 36.4 Å². The molecule has 0 spiro atoms. The molecule has 0 atom stereocenters. The molecule has 1 amide bonds. The lowest BCUT2D eigenvalue weighted by atomic mass is 10.1. The summed E-state index contributed by atoms with van der Waals surface area (Å²) in [5.41, 5.74) is 1.17. The van der Waals surface area contributed by atoms with E-state index in [9.17, 15) is 18.7 Å². The number of nitrogens with one attached hydrogen (secondary N) is 2. The minimum absolute atomic E-state index is 0.109. The first-order valence-electron chi connectivity index (χ1n) is 11.3. The number of phenolic OH excluding ortho intramolecular Hbond substituents is 1. The Kier molecular flexibility index (Phi) is 7.95. The summed E-state index contributed by atoms with van der Waals surface area (Å²) in [6, 6.07) is 16.7. The number of para-hydroxylation sites is 1. The fraction of sp³-hybridized carbons (Fsp3) is 0.222. The molecule has 1 heterocycles. The molecule has 35 heavy (non-hydrogen) atoms.